The van der Waals surface area contributed by atoms with Gasteiger partial charge in [0.25, 0.3) is 0 Å². The van der Waals surface area contributed by atoms with E-state index in [2.05, 4.69) is 13.8 Å². The third-order valence-corrected chi connectivity index (χ3v) is 11.0. The minimum atomic E-state index is -4.37. The number of rotatable bonds is 39. The minimum absolute atomic E-state index is 0.0322. The molecule has 1 saturated heterocycles. The number of nitrogens with zero attached hydrogens (tertiary/aromatic N) is 1. The van der Waals surface area contributed by atoms with E-state index in [1.807, 2.05) is 21.1 Å². The first-order valence-corrected chi connectivity index (χ1v) is 23.4. The molecule has 0 spiro atoms. The molecule has 1 N–H and O–H groups in total. The van der Waals surface area contributed by atoms with Gasteiger partial charge in [0, 0.05) is 12.8 Å². The smallest absolute Gasteiger partial charge is 0.462 e. The van der Waals surface area contributed by atoms with Crippen LogP contribution in [0.5, 0.6) is 0 Å². The number of quaternary nitrogens is 1. The van der Waals surface area contributed by atoms with Gasteiger partial charge < -0.3 is 23.6 Å². The number of carbonyl (C=O) groups excluding carboxylic acids is 2. The second-order valence-electron chi connectivity index (χ2n) is 16.5. The Labute approximate surface area is 325 Å². The number of carbonyl (C=O) groups is 2. The molecule has 0 saturated carbocycles. The molecule has 1 rings (SSSR count). The summed E-state index contributed by atoms with van der Waals surface area (Å²) in [6.07, 6.45) is 31.6. The lowest BCUT2D eigenvalue weighted by molar-refractivity contribution is -0.870. The molecule has 53 heavy (non-hydrogen) atoms. The maximum Gasteiger partial charge on any atom is 0.472 e. The fraction of sp³-hybridized carbons (Fsp3) is 0.952. The van der Waals surface area contributed by atoms with Crippen LogP contribution < -0.4 is 0 Å². The van der Waals surface area contributed by atoms with Crippen molar-refractivity contribution in [2.75, 3.05) is 47.5 Å². The van der Waals surface area contributed by atoms with E-state index in [0.717, 1.165) is 38.5 Å². The number of esters is 2. The van der Waals surface area contributed by atoms with Crippen LogP contribution >= 0.6 is 7.82 Å². The standard InChI is InChI=1S/C42H82NO9P/c1-6-8-10-12-13-14-15-16-17-18-21-24-28-32-41(44)48-36-38(37-50-53(46,47)49-35-34-43(3,4)5)51-42(45)33-29-25-22-19-20-23-27-31-40-39(52-40)30-26-11-9-7-2/h38-40H,6-37H2,1-5H3/p+1. The Balaban J connectivity index is 2.27. The molecule has 4 unspecified atom stereocenters. The number of phosphoric ester groups is 1. The summed E-state index contributed by atoms with van der Waals surface area (Å²) in [5, 5.41) is 0. The minimum Gasteiger partial charge on any atom is -0.462 e. The Bertz CT molecular complexity index is 944. The molecule has 0 aromatic heterocycles. The van der Waals surface area contributed by atoms with Crippen molar-refractivity contribution in [1.82, 2.24) is 0 Å². The number of ether oxygens (including phenoxy) is 3. The van der Waals surface area contributed by atoms with Gasteiger partial charge in [-0.2, -0.15) is 0 Å². The summed E-state index contributed by atoms with van der Waals surface area (Å²) in [5.41, 5.74) is 0. The number of hydrogen-bond acceptors (Lipinski definition) is 8. The Morgan fingerprint density at radius 1 is 0.604 bits per heavy atom. The fourth-order valence-corrected chi connectivity index (χ4v) is 7.25. The number of unbranched alkanes of at least 4 members (excludes halogenated alkanes) is 21. The van der Waals surface area contributed by atoms with Crippen LogP contribution in [0.15, 0.2) is 0 Å². The molecule has 11 heteroatoms. The highest BCUT2D eigenvalue weighted by Crippen LogP contribution is 2.43. The second-order valence-corrected chi connectivity index (χ2v) is 17.9. The van der Waals surface area contributed by atoms with Crippen LogP contribution in [0.2, 0.25) is 0 Å². The average molecular weight is 777 g/mol. The van der Waals surface area contributed by atoms with Crippen LogP contribution in [-0.2, 0) is 37.4 Å². The zero-order valence-electron chi connectivity index (χ0n) is 35.0. The highest BCUT2D eigenvalue weighted by molar-refractivity contribution is 7.47. The highest BCUT2D eigenvalue weighted by atomic mass is 31.2. The third kappa shape index (κ3) is 32.9. The van der Waals surface area contributed by atoms with Gasteiger partial charge in [0.05, 0.1) is 40.0 Å². The first-order chi connectivity index (χ1) is 25.5. The van der Waals surface area contributed by atoms with E-state index in [0.29, 0.717) is 36.1 Å². The summed E-state index contributed by atoms with van der Waals surface area (Å²) >= 11 is 0. The van der Waals surface area contributed by atoms with Crippen LogP contribution in [-0.4, -0.2) is 87.1 Å². The van der Waals surface area contributed by atoms with Crippen LogP contribution in [0.25, 0.3) is 0 Å². The first-order valence-electron chi connectivity index (χ1n) is 21.9. The van der Waals surface area contributed by atoms with Crippen molar-refractivity contribution in [3.05, 3.63) is 0 Å². The van der Waals surface area contributed by atoms with Crippen molar-refractivity contribution >= 4 is 19.8 Å². The molecule has 0 bridgehead atoms. The van der Waals surface area contributed by atoms with Gasteiger partial charge in [-0.05, 0) is 25.7 Å². The van der Waals surface area contributed by atoms with E-state index in [1.165, 1.54) is 122 Å². The van der Waals surface area contributed by atoms with E-state index < -0.39 is 26.5 Å². The lowest BCUT2D eigenvalue weighted by Crippen LogP contribution is -2.37. The molecule has 1 fully saturated rings. The van der Waals surface area contributed by atoms with Gasteiger partial charge in [-0.25, -0.2) is 4.57 Å². The van der Waals surface area contributed by atoms with Crippen LogP contribution in [0.4, 0.5) is 0 Å². The first kappa shape index (κ1) is 50.0. The normalized spacial score (nSPS) is 17.4. The van der Waals surface area contributed by atoms with Crippen molar-refractivity contribution in [3.63, 3.8) is 0 Å². The topological polar surface area (TPSA) is 121 Å². The summed E-state index contributed by atoms with van der Waals surface area (Å²) in [6.45, 7) is 4.41. The molecule has 1 aliphatic heterocycles. The summed E-state index contributed by atoms with van der Waals surface area (Å²) in [6, 6.07) is 0. The van der Waals surface area contributed by atoms with Gasteiger partial charge in [0.15, 0.2) is 6.10 Å². The van der Waals surface area contributed by atoms with Crippen LogP contribution in [0, 0.1) is 0 Å². The molecule has 0 radical (unpaired) electrons. The van der Waals surface area contributed by atoms with E-state index in [9.17, 15) is 19.0 Å². The van der Waals surface area contributed by atoms with Crippen LogP contribution in [0.3, 0.4) is 0 Å². The molecule has 1 aliphatic rings. The summed E-state index contributed by atoms with van der Waals surface area (Å²) < 4.78 is 40.1. The predicted molar refractivity (Wildman–Crippen MR) is 215 cm³/mol. The maximum absolute atomic E-state index is 12.7. The highest BCUT2D eigenvalue weighted by Gasteiger charge is 2.36. The lowest BCUT2D eigenvalue weighted by Gasteiger charge is -2.24. The van der Waals surface area contributed by atoms with Gasteiger partial charge in [-0.1, -0.05) is 155 Å². The maximum atomic E-state index is 12.7. The molecule has 1 heterocycles. The van der Waals surface area contributed by atoms with Gasteiger partial charge in [0.1, 0.15) is 19.8 Å². The average Bonchev–Trinajstić information content (AvgIpc) is 3.86. The zero-order chi connectivity index (χ0) is 39.0. The molecule has 4 atom stereocenters. The van der Waals surface area contributed by atoms with Gasteiger partial charge in [-0.15, -0.1) is 0 Å². The SMILES string of the molecule is CCCCCCCCCCCCCCCC(=O)OCC(COP(=O)(O)OCC[N+](C)(C)C)OC(=O)CCCCCCCCCC1OC1CCCCCC. The van der Waals surface area contributed by atoms with E-state index in [-0.39, 0.29) is 25.6 Å². The number of likely N-dealkylation sites (N-methyl/N-ethyl adjacent to an activating group) is 1. The second kappa shape index (κ2) is 32.1. The van der Waals surface area contributed by atoms with Crippen LogP contribution in [0.1, 0.15) is 194 Å². The van der Waals surface area contributed by atoms with Gasteiger partial charge in [0.2, 0.25) is 0 Å². The van der Waals surface area contributed by atoms with Gasteiger partial charge in [-0.3, -0.25) is 18.6 Å². The Morgan fingerprint density at radius 3 is 1.49 bits per heavy atom. The van der Waals surface area contributed by atoms with Gasteiger partial charge >= 0.3 is 19.8 Å². The van der Waals surface area contributed by atoms with E-state index in [4.69, 9.17) is 23.3 Å². The Hall–Kier alpha value is -1.03. The molecule has 0 aromatic rings. The number of hydrogen-bond donors (Lipinski definition) is 1. The van der Waals surface area contributed by atoms with Crippen molar-refractivity contribution in [2.24, 2.45) is 0 Å². The fourth-order valence-electron chi connectivity index (χ4n) is 6.51. The largest absolute Gasteiger partial charge is 0.472 e. The number of epoxide rings is 1. The quantitative estimate of drug-likeness (QED) is 0.0214. The summed E-state index contributed by atoms with van der Waals surface area (Å²) in [5.74, 6) is -0.800. The Kier molecular flexibility index (Phi) is 30.3. The van der Waals surface area contributed by atoms with E-state index in [1.54, 1.807) is 0 Å². The monoisotopic (exact) mass is 777 g/mol. The third-order valence-electron chi connectivity index (χ3n) is 10.1. The molecule has 0 aromatic carbocycles. The Morgan fingerprint density at radius 2 is 1.02 bits per heavy atom. The predicted octanol–water partition coefficient (Wildman–Crippen LogP) is 11.0. The summed E-state index contributed by atoms with van der Waals surface area (Å²) in [7, 11) is 1.48. The molecular formula is C42H83NO9P+. The van der Waals surface area contributed by atoms with Crippen molar-refractivity contribution in [1.29, 1.82) is 0 Å². The molecule has 0 aliphatic carbocycles. The van der Waals surface area contributed by atoms with Crippen molar-refractivity contribution in [2.45, 2.75) is 212 Å². The van der Waals surface area contributed by atoms with E-state index >= 15 is 0 Å². The summed E-state index contributed by atoms with van der Waals surface area (Å²) in [4.78, 5) is 35.3. The molecule has 10 nitrogen and oxygen atoms in total. The number of phosphoric acid groups is 1. The molecule has 0 amide bonds. The lowest BCUT2D eigenvalue weighted by atomic mass is 10.0. The molecular weight excluding hydrogens is 693 g/mol. The van der Waals surface area contributed by atoms with Crippen molar-refractivity contribution < 1.29 is 46.8 Å². The van der Waals surface area contributed by atoms with Crippen molar-refractivity contribution in [3.8, 4) is 0 Å². The zero-order valence-corrected chi connectivity index (χ0v) is 35.9. The molecule has 314 valence electrons.